The molecule has 0 saturated carbocycles. The minimum Gasteiger partial charge on any atom is -0.352 e. The molecule has 1 aromatic rings. The van der Waals surface area contributed by atoms with E-state index in [1.807, 2.05) is 0 Å². The highest BCUT2D eigenvalue weighted by Crippen LogP contribution is 2.51. The van der Waals surface area contributed by atoms with Crippen LogP contribution in [0.4, 0.5) is 13.2 Å². The summed E-state index contributed by atoms with van der Waals surface area (Å²) >= 11 is 0. The van der Waals surface area contributed by atoms with Crippen LogP contribution in [0.1, 0.15) is 17.5 Å². The van der Waals surface area contributed by atoms with Crippen LogP contribution in [0.3, 0.4) is 0 Å². The Bertz CT molecular complexity index is 611. The second-order valence-electron chi connectivity index (χ2n) is 5.31. The van der Waals surface area contributed by atoms with Gasteiger partial charge in [-0.1, -0.05) is 18.1 Å². The molecule has 0 aliphatic heterocycles. The van der Waals surface area contributed by atoms with E-state index in [0.29, 0.717) is 11.1 Å². The van der Waals surface area contributed by atoms with Gasteiger partial charge in [0.15, 0.2) is 0 Å². The molecule has 120 valence electrons. The molecule has 0 aliphatic rings. The predicted molar refractivity (Wildman–Crippen MR) is 80.1 cm³/mol. The SMILES string of the molecule is C#Cc1ccc(CNC(=O)CC(C(F)(F)F)P(C)(C)=O)cc1. The fraction of sp³-hybridized carbons (Fsp3) is 0.400. The van der Waals surface area contributed by atoms with Gasteiger partial charge in [-0.15, -0.1) is 6.42 Å². The van der Waals surface area contributed by atoms with E-state index in [1.54, 1.807) is 24.3 Å². The average molecular weight is 331 g/mol. The van der Waals surface area contributed by atoms with Crippen LogP contribution in [0, 0.1) is 12.3 Å². The van der Waals surface area contributed by atoms with Gasteiger partial charge in [-0.05, 0) is 31.0 Å². The zero-order chi connectivity index (χ0) is 17.0. The Hall–Kier alpha value is -1.73. The molecule has 0 aromatic heterocycles. The monoisotopic (exact) mass is 331 g/mol. The number of halogens is 3. The number of terminal acetylenes is 1. The average Bonchev–Trinajstić information content (AvgIpc) is 2.40. The highest BCUT2D eigenvalue weighted by atomic mass is 31.2. The van der Waals surface area contributed by atoms with Crippen LogP contribution in [0.25, 0.3) is 0 Å². The van der Waals surface area contributed by atoms with Crippen LogP contribution in [-0.2, 0) is 15.9 Å². The summed E-state index contributed by atoms with van der Waals surface area (Å²) in [5.41, 5.74) is -0.735. The van der Waals surface area contributed by atoms with Gasteiger partial charge in [-0.3, -0.25) is 4.79 Å². The maximum atomic E-state index is 12.9. The number of amides is 1. The van der Waals surface area contributed by atoms with Crippen molar-refractivity contribution in [3.63, 3.8) is 0 Å². The Morgan fingerprint density at radius 3 is 2.27 bits per heavy atom. The molecular weight excluding hydrogens is 314 g/mol. The molecule has 22 heavy (non-hydrogen) atoms. The van der Waals surface area contributed by atoms with E-state index in [9.17, 15) is 22.5 Å². The molecule has 0 aliphatic carbocycles. The molecule has 0 fully saturated rings. The summed E-state index contributed by atoms with van der Waals surface area (Å²) in [6, 6.07) is 6.71. The second-order valence-corrected chi connectivity index (χ2v) is 8.81. The first-order chi connectivity index (χ1) is 10.0. The summed E-state index contributed by atoms with van der Waals surface area (Å²) in [5, 5.41) is 2.40. The Morgan fingerprint density at radius 2 is 1.86 bits per heavy atom. The maximum absolute atomic E-state index is 12.9. The van der Waals surface area contributed by atoms with Crippen molar-refractivity contribution < 1.29 is 22.5 Å². The second kappa shape index (κ2) is 7.02. The zero-order valence-electron chi connectivity index (χ0n) is 12.3. The molecule has 0 heterocycles. The Kier molecular flexibility index (Phi) is 5.85. The van der Waals surface area contributed by atoms with E-state index in [2.05, 4.69) is 11.2 Å². The maximum Gasteiger partial charge on any atom is 0.398 e. The molecule has 1 rings (SSSR count). The summed E-state index contributed by atoms with van der Waals surface area (Å²) in [5.74, 6) is 1.65. The first-order valence-corrected chi connectivity index (χ1v) is 9.14. The summed E-state index contributed by atoms with van der Waals surface area (Å²) < 4.78 is 50.3. The number of carbonyl (C=O) groups is 1. The van der Waals surface area contributed by atoms with Crippen molar-refractivity contribution in [3.8, 4) is 12.3 Å². The first kappa shape index (κ1) is 18.3. The van der Waals surface area contributed by atoms with Crippen molar-refractivity contribution in [1.29, 1.82) is 0 Å². The van der Waals surface area contributed by atoms with Gasteiger partial charge in [-0.2, -0.15) is 13.2 Å². The van der Waals surface area contributed by atoms with Gasteiger partial charge in [-0.25, -0.2) is 0 Å². The van der Waals surface area contributed by atoms with Gasteiger partial charge < -0.3 is 9.88 Å². The molecule has 0 spiro atoms. The first-order valence-electron chi connectivity index (χ1n) is 6.47. The lowest BCUT2D eigenvalue weighted by atomic mass is 10.1. The zero-order valence-corrected chi connectivity index (χ0v) is 13.2. The summed E-state index contributed by atoms with van der Waals surface area (Å²) in [6.07, 6.45) is -0.293. The fourth-order valence-electron chi connectivity index (χ4n) is 1.86. The van der Waals surface area contributed by atoms with Gasteiger partial charge >= 0.3 is 6.18 Å². The molecule has 7 heteroatoms. The van der Waals surface area contributed by atoms with Crippen LogP contribution < -0.4 is 5.32 Å². The molecule has 3 nitrogen and oxygen atoms in total. The fourth-order valence-corrected chi connectivity index (χ4v) is 3.17. The molecule has 0 radical (unpaired) electrons. The number of hydrogen-bond acceptors (Lipinski definition) is 2. The van der Waals surface area contributed by atoms with Crippen LogP contribution in [0.5, 0.6) is 0 Å². The lowest BCUT2D eigenvalue weighted by molar-refractivity contribution is -0.141. The van der Waals surface area contributed by atoms with Crippen molar-refractivity contribution in [1.82, 2.24) is 5.32 Å². The molecule has 1 amide bonds. The minimum atomic E-state index is -4.66. The smallest absolute Gasteiger partial charge is 0.352 e. The van der Waals surface area contributed by atoms with Crippen molar-refractivity contribution in [2.24, 2.45) is 0 Å². The number of nitrogens with one attached hydrogen (secondary N) is 1. The van der Waals surface area contributed by atoms with Gasteiger partial charge in [0.25, 0.3) is 0 Å². The van der Waals surface area contributed by atoms with Crippen molar-refractivity contribution in [2.45, 2.75) is 24.8 Å². The molecule has 1 unspecified atom stereocenters. The van der Waals surface area contributed by atoms with Crippen molar-refractivity contribution >= 4 is 13.0 Å². The number of rotatable bonds is 5. The molecule has 1 atom stereocenters. The number of carbonyl (C=O) groups excluding carboxylic acids is 1. The van der Waals surface area contributed by atoms with Gasteiger partial charge in [0.2, 0.25) is 5.91 Å². The molecule has 1 N–H and O–H groups in total. The largest absolute Gasteiger partial charge is 0.398 e. The molecule has 1 aromatic carbocycles. The van der Waals surface area contributed by atoms with E-state index in [1.165, 1.54) is 0 Å². The third kappa shape index (κ3) is 5.57. The standard InChI is InChI=1S/C15H17F3NO2P/c1-4-11-5-7-12(8-6-11)10-19-14(20)9-13(15(16,17)18)22(2,3)21/h1,5-8,13H,9-10H2,2-3H3,(H,19,20). The summed E-state index contributed by atoms with van der Waals surface area (Å²) in [7, 11) is -3.47. The highest BCUT2D eigenvalue weighted by molar-refractivity contribution is 7.63. The third-order valence-electron chi connectivity index (χ3n) is 3.12. The number of hydrogen-bond donors (Lipinski definition) is 1. The topological polar surface area (TPSA) is 46.2 Å². The van der Waals surface area contributed by atoms with Gasteiger partial charge in [0, 0.05) is 18.5 Å². The van der Waals surface area contributed by atoms with Crippen LogP contribution in [0.2, 0.25) is 0 Å². The van der Waals surface area contributed by atoms with Crippen molar-refractivity contribution in [2.75, 3.05) is 13.3 Å². The quantitative estimate of drug-likeness (QED) is 0.665. The molecular formula is C15H17F3NO2P. The minimum absolute atomic E-state index is 0.0893. The van der Waals surface area contributed by atoms with E-state index in [0.717, 1.165) is 13.3 Å². The molecule has 0 saturated heterocycles. The van der Waals surface area contributed by atoms with Crippen LogP contribution >= 0.6 is 7.14 Å². The normalized spacial score (nSPS) is 13.3. The Balaban J connectivity index is 2.65. The van der Waals surface area contributed by atoms with Crippen LogP contribution in [-0.4, -0.2) is 31.1 Å². The van der Waals surface area contributed by atoms with Crippen LogP contribution in [0.15, 0.2) is 24.3 Å². The lowest BCUT2D eigenvalue weighted by Gasteiger charge is -2.23. The summed E-state index contributed by atoms with van der Waals surface area (Å²) in [4.78, 5) is 11.7. The number of alkyl halides is 3. The van der Waals surface area contributed by atoms with Gasteiger partial charge in [0.05, 0.1) is 7.14 Å². The highest BCUT2D eigenvalue weighted by Gasteiger charge is 2.47. The van der Waals surface area contributed by atoms with E-state index < -0.39 is 31.3 Å². The van der Waals surface area contributed by atoms with E-state index >= 15 is 0 Å². The predicted octanol–water partition coefficient (Wildman–Crippen LogP) is 3.23. The van der Waals surface area contributed by atoms with E-state index in [-0.39, 0.29) is 6.54 Å². The van der Waals surface area contributed by atoms with Gasteiger partial charge in [0.1, 0.15) is 5.66 Å². The third-order valence-corrected chi connectivity index (χ3v) is 5.09. The van der Waals surface area contributed by atoms with Crippen molar-refractivity contribution in [3.05, 3.63) is 35.4 Å². The summed E-state index contributed by atoms with van der Waals surface area (Å²) in [6.45, 7) is 2.17. The lowest BCUT2D eigenvalue weighted by Crippen LogP contribution is -2.35. The molecule has 0 bridgehead atoms. The Labute approximate surface area is 127 Å². The Morgan fingerprint density at radius 1 is 1.32 bits per heavy atom. The van der Waals surface area contributed by atoms with E-state index in [4.69, 9.17) is 6.42 Å². The number of benzene rings is 1.